The number of piperidine rings is 1. The number of likely N-dealkylation sites (tertiary alicyclic amines) is 1. The summed E-state index contributed by atoms with van der Waals surface area (Å²) in [4.78, 5) is 28.5. The van der Waals surface area contributed by atoms with Crippen LogP contribution in [0, 0.1) is 0 Å². The van der Waals surface area contributed by atoms with E-state index in [1.807, 2.05) is 109 Å². The van der Waals surface area contributed by atoms with Crippen LogP contribution in [-0.2, 0) is 29.1 Å². The molecule has 222 valence electrons. The number of hydrogen-bond donors (Lipinski definition) is 1. The molecular weight excluding hydrogens is 542 g/mol. The van der Waals surface area contributed by atoms with Crippen molar-refractivity contribution in [2.75, 3.05) is 19.6 Å². The zero-order valence-corrected chi connectivity index (χ0v) is 24.1. The zero-order chi connectivity index (χ0) is 29.7. The van der Waals surface area contributed by atoms with Crippen LogP contribution in [0.4, 0.5) is 9.59 Å². The van der Waals surface area contributed by atoms with E-state index in [0.717, 1.165) is 60.5 Å². The van der Waals surface area contributed by atoms with E-state index in [1.165, 1.54) is 5.01 Å². The van der Waals surface area contributed by atoms with Gasteiger partial charge in [-0.3, -0.25) is 0 Å². The Hall–Kier alpha value is -4.82. The molecule has 0 bridgehead atoms. The standard InChI is InChI=1S/C35H37N3O5/c39-34(41-26-28-13-4-1-5-14-28)36-38(35(40)42-27-29-15-6-2-7-16-29)31-18-12-23-37(25-31)24-22-30-17-10-11-21-33(30)43-32-19-8-3-9-20-32/h1-11,13-17,19-21,31H,12,18,22-27H2,(H,36,39). The summed E-state index contributed by atoms with van der Waals surface area (Å²) in [6.07, 6.45) is 1.05. The highest BCUT2D eigenvalue weighted by Gasteiger charge is 2.31. The second-order valence-electron chi connectivity index (χ2n) is 10.5. The first-order valence-corrected chi connectivity index (χ1v) is 14.6. The summed E-state index contributed by atoms with van der Waals surface area (Å²) < 4.78 is 17.2. The monoisotopic (exact) mass is 579 g/mol. The first-order chi connectivity index (χ1) is 21.1. The number of nitrogens with one attached hydrogen (secondary N) is 1. The lowest BCUT2D eigenvalue weighted by molar-refractivity contribution is 0.0257. The lowest BCUT2D eigenvalue weighted by Gasteiger charge is -2.38. The van der Waals surface area contributed by atoms with Crippen LogP contribution in [0.3, 0.4) is 0 Å². The van der Waals surface area contributed by atoms with Crippen LogP contribution >= 0.6 is 0 Å². The lowest BCUT2D eigenvalue weighted by Crippen LogP contribution is -2.57. The second-order valence-corrected chi connectivity index (χ2v) is 10.5. The molecule has 1 aliphatic rings. The average molecular weight is 580 g/mol. The minimum Gasteiger partial charge on any atom is -0.457 e. The third kappa shape index (κ3) is 9.08. The van der Waals surface area contributed by atoms with Gasteiger partial charge in [-0.15, -0.1) is 0 Å². The Labute approximate surface area is 252 Å². The number of ether oxygens (including phenoxy) is 3. The third-order valence-electron chi connectivity index (χ3n) is 7.31. The third-order valence-corrected chi connectivity index (χ3v) is 7.31. The fourth-order valence-corrected chi connectivity index (χ4v) is 5.08. The first kappa shape index (κ1) is 29.7. The van der Waals surface area contributed by atoms with Crippen molar-refractivity contribution in [3.63, 3.8) is 0 Å². The molecule has 8 heteroatoms. The van der Waals surface area contributed by atoms with Gasteiger partial charge in [-0.1, -0.05) is 97.1 Å². The van der Waals surface area contributed by atoms with Gasteiger partial charge < -0.3 is 19.1 Å². The molecule has 1 N–H and O–H groups in total. The van der Waals surface area contributed by atoms with E-state index < -0.39 is 12.2 Å². The van der Waals surface area contributed by atoms with Crippen LogP contribution in [0.15, 0.2) is 115 Å². The van der Waals surface area contributed by atoms with Crippen molar-refractivity contribution >= 4 is 12.2 Å². The molecule has 4 aromatic rings. The van der Waals surface area contributed by atoms with Gasteiger partial charge in [0.1, 0.15) is 24.7 Å². The number of para-hydroxylation sites is 2. The van der Waals surface area contributed by atoms with Gasteiger partial charge in [0, 0.05) is 13.1 Å². The summed E-state index contributed by atoms with van der Waals surface area (Å²) >= 11 is 0. The first-order valence-electron chi connectivity index (χ1n) is 14.6. The van der Waals surface area contributed by atoms with Crippen molar-refractivity contribution in [3.05, 3.63) is 132 Å². The molecule has 1 heterocycles. The minimum atomic E-state index is -0.704. The van der Waals surface area contributed by atoms with E-state index in [9.17, 15) is 9.59 Å². The van der Waals surface area contributed by atoms with Gasteiger partial charge in [0.15, 0.2) is 0 Å². The van der Waals surface area contributed by atoms with Gasteiger partial charge >= 0.3 is 12.2 Å². The predicted octanol–water partition coefficient (Wildman–Crippen LogP) is 6.97. The number of amides is 2. The van der Waals surface area contributed by atoms with E-state index in [4.69, 9.17) is 14.2 Å². The van der Waals surface area contributed by atoms with Gasteiger partial charge in [0.25, 0.3) is 0 Å². The molecular formula is C35H37N3O5. The SMILES string of the molecule is O=C(NN(C(=O)OCc1ccccc1)C1CCCN(CCc2ccccc2Oc2ccccc2)C1)OCc1ccccc1. The van der Waals surface area contributed by atoms with Crippen LogP contribution in [0.5, 0.6) is 11.5 Å². The molecule has 0 radical (unpaired) electrons. The number of benzene rings is 4. The maximum Gasteiger partial charge on any atom is 0.429 e. The van der Waals surface area contributed by atoms with Gasteiger partial charge in [0.05, 0.1) is 6.04 Å². The number of hydrazine groups is 1. The Morgan fingerprint density at radius 1 is 0.767 bits per heavy atom. The van der Waals surface area contributed by atoms with E-state index in [-0.39, 0.29) is 19.3 Å². The van der Waals surface area contributed by atoms with Gasteiger partial charge in [-0.2, -0.15) is 0 Å². The molecule has 0 aliphatic carbocycles. The Bertz CT molecular complexity index is 1440. The number of nitrogens with zero attached hydrogens (tertiary/aromatic N) is 2. The molecule has 0 saturated carbocycles. The van der Waals surface area contributed by atoms with E-state index >= 15 is 0 Å². The van der Waals surface area contributed by atoms with Crippen LogP contribution < -0.4 is 10.2 Å². The fourth-order valence-electron chi connectivity index (χ4n) is 5.08. The number of carbonyl (C=O) groups excluding carboxylic acids is 2. The van der Waals surface area contributed by atoms with E-state index in [0.29, 0.717) is 6.54 Å². The summed E-state index contributed by atoms with van der Waals surface area (Å²) in [6.45, 7) is 2.45. The zero-order valence-electron chi connectivity index (χ0n) is 24.1. The molecule has 43 heavy (non-hydrogen) atoms. The van der Waals surface area contributed by atoms with Crippen LogP contribution in [0.1, 0.15) is 29.5 Å². The van der Waals surface area contributed by atoms with Gasteiger partial charge in [-0.05, 0) is 60.7 Å². The molecule has 2 amide bonds. The van der Waals surface area contributed by atoms with Gasteiger partial charge in [-0.25, -0.2) is 20.0 Å². The normalized spacial score (nSPS) is 14.8. The molecule has 1 aliphatic heterocycles. The smallest absolute Gasteiger partial charge is 0.429 e. The number of carbonyl (C=O) groups is 2. The molecule has 1 unspecified atom stereocenters. The highest BCUT2D eigenvalue weighted by Crippen LogP contribution is 2.26. The van der Waals surface area contributed by atoms with Crippen LogP contribution in [0.25, 0.3) is 0 Å². The Balaban J connectivity index is 1.22. The summed E-state index contributed by atoms with van der Waals surface area (Å²) in [7, 11) is 0. The van der Waals surface area contributed by atoms with Crippen molar-refractivity contribution in [1.29, 1.82) is 0 Å². The van der Waals surface area contributed by atoms with Crippen LogP contribution in [0.2, 0.25) is 0 Å². The Morgan fingerprint density at radius 3 is 2.07 bits per heavy atom. The van der Waals surface area contributed by atoms with Crippen molar-refractivity contribution in [3.8, 4) is 11.5 Å². The highest BCUT2D eigenvalue weighted by atomic mass is 16.6. The summed E-state index contributed by atoms with van der Waals surface area (Å²) in [5.74, 6) is 1.62. The molecule has 1 fully saturated rings. The average Bonchev–Trinajstić information content (AvgIpc) is 3.06. The van der Waals surface area contributed by atoms with Crippen molar-refractivity contribution in [2.24, 2.45) is 0 Å². The summed E-state index contributed by atoms with van der Waals surface area (Å²) in [5.41, 5.74) is 5.50. The summed E-state index contributed by atoms with van der Waals surface area (Å²) in [5, 5.41) is 1.30. The molecule has 0 aromatic heterocycles. The fraction of sp³-hybridized carbons (Fsp3) is 0.257. The van der Waals surface area contributed by atoms with Crippen molar-refractivity contribution in [2.45, 2.75) is 38.5 Å². The molecule has 8 nitrogen and oxygen atoms in total. The predicted molar refractivity (Wildman–Crippen MR) is 164 cm³/mol. The summed E-state index contributed by atoms with van der Waals surface area (Å²) in [6, 6.07) is 36.4. The van der Waals surface area contributed by atoms with Gasteiger partial charge in [0.2, 0.25) is 0 Å². The largest absolute Gasteiger partial charge is 0.457 e. The quantitative estimate of drug-likeness (QED) is 0.205. The highest BCUT2D eigenvalue weighted by molar-refractivity contribution is 5.74. The topological polar surface area (TPSA) is 80.3 Å². The van der Waals surface area contributed by atoms with E-state index in [2.05, 4.69) is 16.4 Å². The molecule has 0 spiro atoms. The maximum atomic E-state index is 13.3. The Kier molecular flexibility index (Phi) is 10.6. The molecule has 4 aromatic carbocycles. The number of rotatable bonds is 10. The number of hydrogen-bond acceptors (Lipinski definition) is 6. The second kappa shape index (κ2) is 15.4. The van der Waals surface area contributed by atoms with Crippen molar-refractivity contribution < 1.29 is 23.8 Å². The minimum absolute atomic E-state index is 0.0980. The van der Waals surface area contributed by atoms with Crippen molar-refractivity contribution in [1.82, 2.24) is 15.3 Å². The molecule has 1 atom stereocenters. The Morgan fingerprint density at radius 2 is 1.37 bits per heavy atom. The molecule has 5 rings (SSSR count). The lowest BCUT2D eigenvalue weighted by atomic mass is 10.0. The maximum absolute atomic E-state index is 13.3. The van der Waals surface area contributed by atoms with E-state index in [1.54, 1.807) is 0 Å². The van der Waals surface area contributed by atoms with Crippen LogP contribution in [-0.4, -0.2) is 47.8 Å². The molecule has 1 saturated heterocycles.